The Morgan fingerprint density at radius 3 is 1.62 bits per heavy atom. The molecule has 0 aromatic heterocycles. The molecule has 0 unspecified atom stereocenters. The lowest BCUT2D eigenvalue weighted by Crippen LogP contribution is -2.31. The van der Waals surface area contributed by atoms with Gasteiger partial charge in [-0.2, -0.15) is 0 Å². The Morgan fingerprint density at radius 1 is 0.667 bits per heavy atom. The maximum absolute atomic E-state index is 3.44. The van der Waals surface area contributed by atoms with Crippen molar-refractivity contribution < 1.29 is 0 Å². The topological polar surface area (TPSA) is 18.5 Å². The monoisotopic (exact) mass is 317 g/mol. The number of hydrogen-bond acceptors (Lipinski definition) is 3. The van der Waals surface area contributed by atoms with Crippen LogP contribution in [-0.2, 0) is 6.42 Å². The Balaban J connectivity index is 0.000000129. The summed E-state index contributed by atoms with van der Waals surface area (Å²) in [5.74, 6) is 0. The van der Waals surface area contributed by atoms with E-state index < -0.39 is 0 Å². The van der Waals surface area contributed by atoms with Crippen LogP contribution in [0.2, 0.25) is 0 Å². The number of anilines is 2. The van der Waals surface area contributed by atoms with Crippen LogP contribution in [0.25, 0.3) is 0 Å². The van der Waals surface area contributed by atoms with Gasteiger partial charge in [-0.15, -0.1) is 0 Å². The van der Waals surface area contributed by atoms with Crippen LogP contribution in [-0.4, -0.2) is 23.1 Å². The van der Waals surface area contributed by atoms with Crippen molar-refractivity contribution in [3.05, 3.63) is 84.2 Å². The predicted octanol–water partition coefficient (Wildman–Crippen LogP) is 4.67. The summed E-state index contributed by atoms with van der Waals surface area (Å²) in [4.78, 5) is 0. The zero-order valence-electron chi connectivity index (χ0n) is 13.9. The summed E-state index contributed by atoms with van der Waals surface area (Å²) < 4.78 is 0. The fourth-order valence-electron chi connectivity index (χ4n) is 3.33. The molecule has 0 bridgehead atoms. The molecule has 5 rings (SSSR count). The first-order valence-corrected chi connectivity index (χ1v) is 8.69. The van der Waals surface area contributed by atoms with E-state index in [2.05, 4.69) is 88.4 Å². The van der Waals surface area contributed by atoms with Gasteiger partial charge in [0.1, 0.15) is 0 Å². The zero-order chi connectivity index (χ0) is 16.2. The number of rotatable bonds is 1. The molecular formula is C21H23N3. The first-order chi connectivity index (χ1) is 11.9. The molecule has 0 atom stereocenters. The van der Waals surface area contributed by atoms with Crippen LogP contribution in [0.1, 0.15) is 24.0 Å². The third-order valence-corrected chi connectivity index (χ3v) is 4.62. The molecule has 0 aliphatic carbocycles. The number of hydrazine groups is 1. The van der Waals surface area contributed by atoms with Gasteiger partial charge in [0, 0.05) is 43.3 Å². The number of hydrogen-bond donors (Lipinski definition) is 1. The van der Waals surface area contributed by atoms with E-state index in [0.717, 1.165) is 19.5 Å². The highest BCUT2D eigenvalue weighted by Crippen LogP contribution is 2.31. The Hall–Kier alpha value is -2.68. The molecule has 2 aromatic carbocycles. The van der Waals surface area contributed by atoms with Crippen molar-refractivity contribution in [2.45, 2.75) is 19.3 Å². The van der Waals surface area contributed by atoms with Gasteiger partial charge in [-0.1, -0.05) is 48.6 Å². The van der Waals surface area contributed by atoms with Gasteiger partial charge in [0.15, 0.2) is 0 Å². The molecule has 0 saturated carbocycles. The first kappa shape index (κ1) is 14.9. The third kappa shape index (κ3) is 3.16. The molecule has 122 valence electrons. The summed E-state index contributed by atoms with van der Waals surface area (Å²) in [5, 5.41) is 7.98. The molecule has 0 amide bonds. The minimum Gasteiger partial charge on any atom is -0.355 e. The molecule has 3 aliphatic heterocycles. The molecule has 3 heterocycles. The first-order valence-electron chi connectivity index (χ1n) is 8.69. The molecule has 0 spiro atoms. The number of fused-ring (bicyclic) bond motifs is 2. The van der Waals surface area contributed by atoms with Crippen molar-refractivity contribution in [2.24, 2.45) is 0 Å². The summed E-state index contributed by atoms with van der Waals surface area (Å²) in [6, 6.07) is 16.9. The molecule has 0 saturated heterocycles. The summed E-state index contributed by atoms with van der Waals surface area (Å²) in [5.41, 5.74) is 5.25. The van der Waals surface area contributed by atoms with E-state index in [1.54, 1.807) is 0 Å². The number of benzene rings is 2. The van der Waals surface area contributed by atoms with Gasteiger partial charge >= 0.3 is 0 Å². The number of nitrogens with zero attached hydrogens (tertiary/aromatic N) is 2. The highest BCUT2D eigenvalue weighted by molar-refractivity contribution is 5.71. The fourth-order valence-corrected chi connectivity index (χ4v) is 3.33. The van der Waals surface area contributed by atoms with E-state index in [4.69, 9.17) is 0 Å². The van der Waals surface area contributed by atoms with Crippen molar-refractivity contribution in [1.82, 2.24) is 10.0 Å². The van der Waals surface area contributed by atoms with E-state index >= 15 is 0 Å². The maximum atomic E-state index is 3.44. The molecule has 0 radical (unpaired) electrons. The largest absolute Gasteiger partial charge is 0.355 e. The lowest BCUT2D eigenvalue weighted by atomic mass is 9.98. The van der Waals surface area contributed by atoms with E-state index in [9.17, 15) is 0 Å². The highest BCUT2D eigenvalue weighted by Gasteiger charge is 2.13. The van der Waals surface area contributed by atoms with Gasteiger partial charge in [-0.25, -0.2) is 0 Å². The Kier molecular flexibility index (Phi) is 4.24. The smallest absolute Gasteiger partial charge is 0.0424 e. The van der Waals surface area contributed by atoms with Crippen molar-refractivity contribution >= 4 is 11.4 Å². The van der Waals surface area contributed by atoms with E-state index in [0.29, 0.717) is 0 Å². The molecule has 2 aromatic rings. The van der Waals surface area contributed by atoms with Gasteiger partial charge in [0.05, 0.1) is 0 Å². The minimum atomic E-state index is 1.04. The normalized spacial score (nSPS) is 17.0. The Bertz CT molecular complexity index is 656. The van der Waals surface area contributed by atoms with Crippen LogP contribution in [0, 0.1) is 0 Å². The van der Waals surface area contributed by atoms with Crippen LogP contribution >= 0.6 is 0 Å². The lowest BCUT2D eigenvalue weighted by molar-refractivity contribution is 0.100. The summed E-state index contributed by atoms with van der Waals surface area (Å²) >= 11 is 0. The molecule has 1 N–H and O–H groups in total. The average molecular weight is 317 g/mol. The van der Waals surface area contributed by atoms with E-state index in [-0.39, 0.29) is 0 Å². The van der Waals surface area contributed by atoms with E-state index in [1.165, 1.54) is 35.3 Å². The van der Waals surface area contributed by atoms with Gasteiger partial charge in [-0.05, 0) is 36.1 Å². The fraction of sp³-hybridized carbons (Fsp3) is 0.238. The highest BCUT2D eigenvalue weighted by atomic mass is 15.6. The SMILES string of the molecule is C1=CN(N2C=CCC2)CC1.c1ccc2c(c1)Cc1ccccc1N2. The lowest BCUT2D eigenvalue weighted by Gasteiger charge is -2.27. The van der Waals surface area contributed by atoms with Crippen LogP contribution < -0.4 is 5.32 Å². The average Bonchev–Trinajstić information content (AvgIpc) is 3.33. The molecule has 3 aliphatic rings. The molecule has 24 heavy (non-hydrogen) atoms. The summed E-state index contributed by atoms with van der Waals surface area (Å²) in [7, 11) is 0. The summed E-state index contributed by atoms with van der Waals surface area (Å²) in [6.45, 7) is 2.31. The van der Waals surface area contributed by atoms with E-state index in [1.807, 2.05) is 0 Å². The Labute approximate surface area is 143 Å². The van der Waals surface area contributed by atoms with Gasteiger partial charge < -0.3 is 5.32 Å². The Morgan fingerprint density at radius 2 is 1.17 bits per heavy atom. The second kappa shape index (κ2) is 6.83. The molecule has 0 fully saturated rings. The predicted molar refractivity (Wildman–Crippen MR) is 99.9 cm³/mol. The van der Waals surface area contributed by atoms with Crippen LogP contribution in [0.15, 0.2) is 73.1 Å². The van der Waals surface area contributed by atoms with Crippen molar-refractivity contribution in [1.29, 1.82) is 0 Å². The maximum Gasteiger partial charge on any atom is 0.0424 e. The van der Waals surface area contributed by atoms with Crippen LogP contribution in [0.3, 0.4) is 0 Å². The van der Waals surface area contributed by atoms with Gasteiger partial charge in [-0.3, -0.25) is 10.0 Å². The standard InChI is InChI=1S/C13H11N.C8H12N2/c1-3-7-12-10(5-1)9-11-6-2-4-8-13(11)14-12;1-2-6-9(5-1)10-7-3-4-8-10/h1-8,14H,9H2;1,3,5,7H,2,4,6,8H2. The third-order valence-electron chi connectivity index (χ3n) is 4.62. The number of nitrogens with one attached hydrogen (secondary N) is 1. The van der Waals surface area contributed by atoms with Crippen molar-refractivity contribution in [2.75, 3.05) is 18.4 Å². The van der Waals surface area contributed by atoms with Crippen molar-refractivity contribution in [3.63, 3.8) is 0 Å². The number of para-hydroxylation sites is 2. The van der Waals surface area contributed by atoms with Gasteiger partial charge in [0.2, 0.25) is 0 Å². The minimum absolute atomic E-state index is 1.04. The summed E-state index contributed by atoms with van der Waals surface area (Å²) in [6.07, 6.45) is 12.2. The van der Waals surface area contributed by atoms with Crippen LogP contribution in [0.4, 0.5) is 11.4 Å². The molecule has 3 nitrogen and oxygen atoms in total. The van der Waals surface area contributed by atoms with Crippen molar-refractivity contribution in [3.8, 4) is 0 Å². The second-order valence-corrected chi connectivity index (χ2v) is 6.29. The quantitative estimate of drug-likeness (QED) is 0.703. The molecular weight excluding hydrogens is 294 g/mol. The zero-order valence-corrected chi connectivity index (χ0v) is 13.9. The second-order valence-electron chi connectivity index (χ2n) is 6.29. The van der Waals surface area contributed by atoms with Crippen LogP contribution in [0.5, 0.6) is 0 Å². The molecule has 3 heteroatoms. The van der Waals surface area contributed by atoms with Gasteiger partial charge in [0.25, 0.3) is 0 Å².